The number of nitrogen functional groups attached to an aromatic ring is 1. The SMILES string of the molecule is N#Cc1nnn2cc(C(=O)O)nc(N)c12. The van der Waals surface area contributed by atoms with Crippen LogP contribution in [0.25, 0.3) is 5.52 Å². The maximum atomic E-state index is 10.6. The zero-order valence-corrected chi connectivity index (χ0v) is 7.25. The molecular formula is C7H4N6O2. The van der Waals surface area contributed by atoms with Crippen LogP contribution in [0.15, 0.2) is 6.20 Å². The lowest BCUT2D eigenvalue weighted by Crippen LogP contribution is -2.07. The van der Waals surface area contributed by atoms with Crippen LogP contribution in [-0.2, 0) is 0 Å². The molecule has 0 radical (unpaired) electrons. The van der Waals surface area contributed by atoms with E-state index in [1.165, 1.54) is 0 Å². The van der Waals surface area contributed by atoms with Crippen molar-refractivity contribution in [2.75, 3.05) is 5.73 Å². The number of fused-ring (bicyclic) bond motifs is 1. The Labute approximate surface area is 82.6 Å². The van der Waals surface area contributed by atoms with E-state index < -0.39 is 5.97 Å². The molecule has 2 aromatic rings. The molecule has 0 aliphatic rings. The summed E-state index contributed by atoms with van der Waals surface area (Å²) in [6, 6.07) is 1.78. The Balaban J connectivity index is 2.82. The van der Waals surface area contributed by atoms with Crippen molar-refractivity contribution in [3.63, 3.8) is 0 Å². The van der Waals surface area contributed by atoms with Crippen LogP contribution in [0.4, 0.5) is 5.82 Å². The van der Waals surface area contributed by atoms with Gasteiger partial charge in [-0.3, -0.25) is 0 Å². The summed E-state index contributed by atoms with van der Waals surface area (Å²) in [7, 11) is 0. The first-order valence-corrected chi connectivity index (χ1v) is 3.78. The first-order chi connectivity index (χ1) is 7.13. The standard InChI is InChI=1S/C7H4N6O2/c8-1-3-5-6(9)10-4(7(14)15)2-13(5)12-11-3/h2H,(H2,9,10)(H,14,15). The number of rotatable bonds is 1. The van der Waals surface area contributed by atoms with Crippen molar-refractivity contribution in [3.8, 4) is 6.07 Å². The number of aromatic nitrogens is 4. The normalized spacial score (nSPS) is 10.1. The molecule has 0 fully saturated rings. The molecule has 8 nitrogen and oxygen atoms in total. The van der Waals surface area contributed by atoms with E-state index in [1.54, 1.807) is 6.07 Å². The molecule has 0 saturated heterocycles. The minimum Gasteiger partial charge on any atom is -0.476 e. The number of carboxylic acid groups (broad SMARTS) is 1. The van der Waals surface area contributed by atoms with Gasteiger partial charge in [-0.1, -0.05) is 5.21 Å². The van der Waals surface area contributed by atoms with E-state index >= 15 is 0 Å². The Morgan fingerprint density at radius 1 is 1.67 bits per heavy atom. The Kier molecular flexibility index (Phi) is 1.73. The molecule has 0 saturated carbocycles. The van der Waals surface area contributed by atoms with Gasteiger partial charge in [0.25, 0.3) is 0 Å². The number of aromatic carboxylic acids is 1. The van der Waals surface area contributed by atoms with Crippen molar-refractivity contribution in [1.82, 2.24) is 19.8 Å². The molecule has 0 unspecified atom stereocenters. The lowest BCUT2D eigenvalue weighted by molar-refractivity contribution is 0.0690. The molecule has 2 aromatic heterocycles. The number of carboxylic acids is 1. The fourth-order valence-corrected chi connectivity index (χ4v) is 1.13. The monoisotopic (exact) mass is 204 g/mol. The summed E-state index contributed by atoms with van der Waals surface area (Å²) in [5.74, 6) is -1.31. The Morgan fingerprint density at radius 2 is 2.40 bits per heavy atom. The summed E-state index contributed by atoms with van der Waals surface area (Å²) in [5.41, 5.74) is 5.46. The van der Waals surface area contributed by atoms with Gasteiger partial charge in [0.1, 0.15) is 11.6 Å². The Bertz CT molecular complexity index is 595. The molecule has 0 bridgehead atoms. The van der Waals surface area contributed by atoms with Crippen LogP contribution in [0.5, 0.6) is 0 Å². The second kappa shape index (κ2) is 2.91. The molecule has 15 heavy (non-hydrogen) atoms. The minimum absolute atomic E-state index is 0.0111. The zero-order chi connectivity index (χ0) is 11.0. The first kappa shape index (κ1) is 8.89. The van der Waals surface area contributed by atoms with Crippen LogP contribution < -0.4 is 5.73 Å². The van der Waals surface area contributed by atoms with E-state index in [1.807, 2.05) is 0 Å². The molecule has 0 spiro atoms. The summed E-state index contributed by atoms with van der Waals surface area (Å²) < 4.78 is 1.12. The highest BCUT2D eigenvalue weighted by Gasteiger charge is 2.14. The third-order valence-corrected chi connectivity index (χ3v) is 1.75. The fraction of sp³-hybridized carbons (Fsp3) is 0. The number of anilines is 1. The van der Waals surface area contributed by atoms with Crippen LogP contribution >= 0.6 is 0 Å². The van der Waals surface area contributed by atoms with Crippen molar-refractivity contribution >= 4 is 17.3 Å². The summed E-state index contributed by atoms with van der Waals surface area (Å²) >= 11 is 0. The lowest BCUT2D eigenvalue weighted by atomic mass is 10.3. The van der Waals surface area contributed by atoms with Crippen LogP contribution in [0.3, 0.4) is 0 Å². The number of hydrogen-bond donors (Lipinski definition) is 2. The predicted octanol–water partition coefficient (Wildman–Crippen LogP) is -0.724. The maximum absolute atomic E-state index is 10.6. The highest BCUT2D eigenvalue weighted by molar-refractivity contribution is 5.87. The summed E-state index contributed by atoms with van der Waals surface area (Å²) in [6.07, 6.45) is 1.14. The summed E-state index contributed by atoms with van der Waals surface area (Å²) in [4.78, 5) is 14.2. The van der Waals surface area contributed by atoms with Crippen molar-refractivity contribution in [2.45, 2.75) is 0 Å². The highest BCUT2D eigenvalue weighted by Crippen LogP contribution is 2.13. The van der Waals surface area contributed by atoms with Crippen LogP contribution in [0.2, 0.25) is 0 Å². The van der Waals surface area contributed by atoms with E-state index in [-0.39, 0.29) is 22.7 Å². The molecule has 3 N–H and O–H groups in total. The molecule has 0 amide bonds. The third-order valence-electron chi connectivity index (χ3n) is 1.75. The molecule has 0 aromatic carbocycles. The van der Waals surface area contributed by atoms with Gasteiger partial charge in [0.15, 0.2) is 17.2 Å². The molecule has 0 atom stereocenters. The molecule has 2 heterocycles. The maximum Gasteiger partial charge on any atom is 0.356 e. The minimum atomic E-state index is -1.22. The van der Waals surface area contributed by atoms with Gasteiger partial charge in [0.05, 0.1) is 6.20 Å². The summed E-state index contributed by atoms with van der Waals surface area (Å²) in [5, 5.41) is 24.4. The topological polar surface area (TPSA) is 130 Å². The third kappa shape index (κ3) is 1.22. The molecular weight excluding hydrogens is 200 g/mol. The Hall–Kier alpha value is -2.69. The number of nitrogens with two attached hydrogens (primary N) is 1. The van der Waals surface area contributed by atoms with Gasteiger partial charge in [-0.2, -0.15) is 5.26 Å². The second-order valence-electron chi connectivity index (χ2n) is 2.66. The van der Waals surface area contributed by atoms with E-state index in [0.717, 1.165) is 10.7 Å². The highest BCUT2D eigenvalue weighted by atomic mass is 16.4. The van der Waals surface area contributed by atoms with Crippen molar-refractivity contribution in [3.05, 3.63) is 17.6 Å². The van der Waals surface area contributed by atoms with Crippen LogP contribution in [0.1, 0.15) is 16.2 Å². The second-order valence-corrected chi connectivity index (χ2v) is 2.66. The van der Waals surface area contributed by atoms with Gasteiger partial charge in [-0.25, -0.2) is 14.3 Å². The number of carbonyl (C=O) groups is 1. The number of nitriles is 1. The molecule has 8 heteroatoms. The van der Waals surface area contributed by atoms with Gasteiger partial charge < -0.3 is 10.8 Å². The molecule has 0 aliphatic heterocycles. The average Bonchev–Trinajstić information content (AvgIpc) is 2.60. The number of nitrogens with zero attached hydrogens (tertiary/aromatic N) is 5. The quantitative estimate of drug-likeness (QED) is 0.626. The molecule has 2 rings (SSSR count). The van der Waals surface area contributed by atoms with Gasteiger partial charge in [0.2, 0.25) is 0 Å². The van der Waals surface area contributed by atoms with Crippen LogP contribution in [-0.4, -0.2) is 30.9 Å². The van der Waals surface area contributed by atoms with Crippen LogP contribution in [0, 0.1) is 11.3 Å². The van der Waals surface area contributed by atoms with E-state index in [9.17, 15) is 4.79 Å². The van der Waals surface area contributed by atoms with Crippen molar-refractivity contribution in [1.29, 1.82) is 5.26 Å². The predicted molar refractivity (Wildman–Crippen MR) is 46.9 cm³/mol. The zero-order valence-electron chi connectivity index (χ0n) is 7.25. The average molecular weight is 204 g/mol. The molecule has 0 aliphatic carbocycles. The van der Waals surface area contributed by atoms with E-state index in [4.69, 9.17) is 16.1 Å². The van der Waals surface area contributed by atoms with Gasteiger partial charge in [0, 0.05) is 0 Å². The van der Waals surface area contributed by atoms with E-state index in [0.29, 0.717) is 0 Å². The van der Waals surface area contributed by atoms with Gasteiger partial charge in [-0.05, 0) is 0 Å². The van der Waals surface area contributed by atoms with Crippen molar-refractivity contribution < 1.29 is 9.90 Å². The largest absolute Gasteiger partial charge is 0.476 e. The van der Waals surface area contributed by atoms with E-state index in [2.05, 4.69) is 15.3 Å². The lowest BCUT2D eigenvalue weighted by Gasteiger charge is -1.98. The van der Waals surface area contributed by atoms with Gasteiger partial charge in [-0.15, -0.1) is 5.10 Å². The smallest absolute Gasteiger partial charge is 0.356 e. The first-order valence-electron chi connectivity index (χ1n) is 3.78. The fourth-order valence-electron chi connectivity index (χ4n) is 1.13. The van der Waals surface area contributed by atoms with Gasteiger partial charge >= 0.3 is 5.97 Å². The Morgan fingerprint density at radius 3 is 3.00 bits per heavy atom. The van der Waals surface area contributed by atoms with Crippen molar-refractivity contribution in [2.24, 2.45) is 0 Å². The summed E-state index contributed by atoms with van der Waals surface area (Å²) in [6.45, 7) is 0. The number of hydrogen-bond acceptors (Lipinski definition) is 6. The molecule has 74 valence electrons.